The monoisotopic (exact) mass is 408 g/mol. The van der Waals surface area contributed by atoms with Crippen molar-refractivity contribution in [1.82, 2.24) is 14.9 Å². The van der Waals surface area contributed by atoms with Crippen molar-refractivity contribution in [3.8, 4) is 11.5 Å². The molecule has 2 aromatic heterocycles. The van der Waals surface area contributed by atoms with Gasteiger partial charge < -0.3 is 20.2 Å². The van der Waals surface area contributed by atoms with Crippen LogP contribution in [0.15, 0.2) is 42.7 Å². The van der Waals surface area contributed by atoms with E-state index < -0.39 is 0 Å². The van der Waals surface area contributed by atoms with Crippen LogP contribution in [0.4, 0.5) is 0 Å². The number of likely N-dealkylation sites (tertiary alicyclic amines) is 1. The van der Waals surface area contributed by atoms with Crippen LogP contribution in [0.25, 0.3) is 11.0 Å². The first kappa shape index (κ1) is 20.4. The van der Waals surface area contributed by atoms with Crippen LogP contribution >= 0.6 is 0 Å². The summed E-state index contributed by atoms with van der Waals surface area (Å²) in [4.78, 5) is 21.9. The highest BCUT2D eigenvalue weighted by atomic mass is 16.5. The number of benzene rings is 1. The van der Waals surface area contributed by atoms with Gasteiger partial charge in [0.05, 0.1) is 11.4 Å². The number of amides is 1. The van der Waals surface area contributed by atoms with Crippen LogP contribution < -0.4 is 10.5 Å². The Morgan fingerprint density at radius 2 is 2.10 bits per heavy atom. The van der Waals surface area contributed by atoms with E-state index in [1.165, 1.54) is 0 Å². The molecule has 0 aliphatic carbocycles. The molecule has 3 aromatic rings. The van der Waals surface area contributed by atoms with Gasteiger partial charge >= 0.3 is 0 Å². The minimum atomic E-state index is -0.282. The molecule has 0 bridgehead atoms. The maximum Gasteiger partial charge on any atom is 0.235 e. The number of primary amides is 1. The number of carbonyl (C=O) groups excluding carboxylic acids is 1. The molecule has 0 spiro atoms. The van der Waals surface area contributed by atoms with Gasteiger partial charge in [-0.15, -0.1) is 0 Å². The lowest BCUT2D eigenvalue weighted by atomic mass is 9.91. The number of nitrogens with one attached hydrogen (secondary N) is 1. The number of rotatable bonds is 8. The standard InChI is InChI=1S/C23H28N4O3/c1-15-14-26-23-20(15)19(8-10-25-23)30-17-6-4-16(5-7-17)18-9-12-27(11-3-13-29-2)21(18)22(24)28/h4-8,10,14,18,21H,3,9,11-13H2,1-2H3,(H2,24,28)(H,25,26)/t18-,21+/m1/s1. The molecular weight excluding hydrogens is 380 g/mol. The van der Waals surface area contributed by atoms with Crippen LogP contribution in [0, 0.1) is 6.92 Å². The average Bonchev–Trinajstić information content (AvgIpc) is 3.33. The van der Waals surface area contributed by atoms with Crippen LogP contribution in [-0.2, 0) is 9.53 Å². The van der Waals surface area contributed by atoms with Gasteiger partial charge in [0.15, 0.2) is 0 Å². The third kappa shape index (κ3) is 4.04. The lowest BCUT2D eigenvalue weighted by molar-refractivity contribution is -0.122. The number of nitrogens with zero attached hydrogens (tertiary/aromatic N) is 2. The number of nitrogens with two attached hydrogens (primary N) is 1. The minimum Gasteiger partial charge on any atom is -0.457 e. The Hall–Kier alpha value is -2.90. The van der Waals surface area contributed by atoms with Crippen molar-refractivity contribution in [3.05, 3.63) is 53.9 Å². The number of aromatic amines is 1. The predicted molar refractivity (Wildman–Crippen MR) is 116 cm³/mol. The average molecular weight is 409 g/mol. The summed E-state index contributed by atoms with van der Waals surface area (Å²) in [6.07, 6.45) is 5.46. The summed E-state index contributed by atoms with van der Waals surface area (Å²) >= 11 is 0. The fraction of sp³-hybridized carbons (Fsp3) is 0.391. The molecule has 1 fully saturated rings. The van der Waals surface area contributed by atoms with E-state index in [4.69, 9.17) is 15.2 Å². The number of aryl methyl sites for hydroxylation is 1. The molecule has 7 nitrogen and oxygen atoms in total. The summed E-state index contributed by atoms with van der Waals surface area (Å²) in [7, 11) is 1.69. The lowest BCUT2D eigenvalue weighted by Crippen LogP contribution is -2.43. The second-order valence-corrected chi connectivity index (χ2v) is 7.80. The fourth-order valence-corrected chi connectivity index (χ4v) is 4.42. The first-order chi connectivity index (χ1) is 14.6. The summed E-state index contributed by atoms with van der Waals surface area (Å²) in [6.45, 7) is 4.38. The van der Waals surface area contributed by atoms with Gasteiger partial charge in [-0.1, -0.05) is 12.1 Å². The van der Waals surface area contributed by atoms with Crippen molar-refractivity contribution >= 4 is 16.9 Å². The molecule has 1 aliphatic heterocycles. The van der Waals surface area contributed by atoms with Gasteiger partial charge in [-0.25, -0.2) is 4.98 Å². The van der Waals surface area contributed by atoms with E-state index in [-0.39, 0.29) is 17.9 Å². The number of fused-ring (bicyclic) bond motifs is 1. The third-order valence-corrected chi connectivity index (χ3v) is 5.86. The summed E-state index contributed by atoms with van der Waals surface area (Å²) in [5.74, 6) is 1.35. The number of hydrogen-bond acceptors (Lipinski definition) is 5. The van der Waals surface area contributed by atoms with E-state index in [2.05, 4.69) is 14.9 Å². The van der Waals surface area contributed by atoms with Gasteiger partial charge in [-0.3, -0.25) is 9.69 Å². The van der Waals surface area contributed by atoms with E-state index >= 15 is 0 Å². The Bertz CT molecular complexity index is 1010. The summed E-state index contributed by atoms with van der Waals surface area (Å²) in [5.41, 5.74) is 8.77. The molecule has 3 N–H and O–H groups in total. The predicted octanol–water partition coefficient (Wildman–Crippen LogP) is 3.34. The molecule has 0 radical (unpaired) electrons. The molecule has 7 heteroatoms. The minimum absolute atomic E-state index is 0.0960. The van der Waals surface area contributed by atoms with Crippen molar-refractivity contribution in [2.75, 3.05) is 26.8 Å². The highest BCUT2D eigenvalue weighted by Crippen LogP contribution is 2.36. The van der Waals surface area contributed by atoms with E-state index in [9.17, 15) is 4.79 Å². The van der Waals surface area contributed by atoms with Gasteiger partial charge in [0, 0.05) is 38.6 Å². The molecule has 1 saturated heterocycles. The number of hydrogen-bond donors (Lipinski definition) is 2. The molecule has 0 saturated carbocycles. The van der Waals surface area contributed by atoms with E-state index in [0.717, 1.165) is 59.6 Å². The fourth-order valence-electron chi connectivity index (χ4n) is 4.42. The summed E-state index contributed by atoms with van der Waals surface area (Å²) in [5, 5.41) is 0.984. The highest BCUT2D eigenvalue weighted by molar-refractivity contribution is 5.86. The zero-order chi connectivity index (χ0) is 21.1. The molecule has 0 unspecified atom stereocenters. The number of carbonyl (C=O) groups is 1. The smallest absolute Gasteiger partial charge is 0.235 e. The molecule has 1 amide bonds. The topological polar surface area (TPSA) is 93.5 Å². The highest BCUT2D eigenvalue weighted by Gasteiger charge is 2.38. The van der Waals surface area contributed by atoms with Crippen LogP contribution in [0.2, 0.25) is 0 Å². The number of methoxy groups -OCH3 is 1. The second-order valence-electron chi connectivity index (χ2n) is 7.80. The second kappa shape index (κ2) is 8.85. The lowest BCUT2D eigenvalue weighted by Gasteiger charge is -2.25. The van der Waals surface area contributed by atoms with Crippen LogP contribution in [0.5, 0.6) is 11.5 Å². The molecule has 158 valence electrons. The SMILES string of the molecule is COCCCN1CC[C@H](c2ccc(Oc3ccnc4[nH]cc(C)c34)cc2)[C@H]1C(N)=O. The summed E-state index contributed by atoms with van der Waals surface area (Å²) < 4.78 is 11.3. The molecule has 1 aromatic carbocycles. The number of ether oxygens (including phenoxy) is 2. The Labute approximate surface area is 176 Å². The number of pyridine rings is 1. The van der Waals surface area contributed by atoms with E-state index in [1.807, 2.05) is 43.5 Å². The van der Waals surface area contributed by atoms with Crippen molar-refractivity contribution < 1.29 is 14.3 Å². The molecular formula is C23H28N4O3. The first-order valence-electron chi connectivity index (χ1n) is 10.3. The van der Waals surface area contributed by atoms with Gasteiger partial charge in [-0.2, -0.15) is 0 Å². The molecule has 1 aliphatic rings. The van der Waals surface area contributed by atoms with Crippen molar-refractivity contribution in [1.29, 1.82) is 0 Å². The normalized spacial score (nSPS) is 19.4. The molecule has 3 heterocycles. The Balaban J connectivity index is 1.50. The zero-order valence-electron chi connectivity index (χ0n) is 17.4. The van der Waals surface area contributed by atoms with Crippen molar-refractivity contribution in [2.24, 2.45) is 5.73 Å². The van der Waals surface area contributed by atoms with Crippen LogP contribution in [-0.4, -0.2) is 53.6 Å². The quantitative estimate of drug-likeness (QED) is 0.558. The Morgan fingerprint density at radius 3 is 2.83 bits per heavy atom. The Kier molecular flexibility index (Phi) is 6.01. The molecule has 4 rings (SSSR count). The molecule has 2 atom stereocenters. The van der Waals surface area contributed by atoms with Gasteiger partial charge in [0.1, 0.15) is 17.1 Å². The number of H-pyrrole nitrogens is 1. The summed E-state index contributed by atoms with van der Waals surface area (Å²) in [6, 6.07) is 9.57. The first-order valence-corrected chi connectivity index (χ1v) is 10.3. The molecule has 30 heavy (non-hydrogen) atoms. The van der Waals surface area contributed by atoms with E-state index in [1.54, 1.807) is 13.3 Å². The van der Waals surface area contributed by atoms with Crippen LogP contribution in [0.1, 0.15) is 29.9 Å². The van der Waals surface area contributed by atoms with Crippen molar-refractivity contribution in [3.63, 3.8) is 0 Å². The van der Waals surface area contributed by atoms with Crippen LogP contribution in [0.3, 0.4) is 0 Å². The van der Waals surface area contributed by atoms with Gasteiger partial charge in [0.2, 0.25) is 5.91 Å². The van der Waals surface area contributed by atoms with Gasteiger partial charge in [0.25, 0.3) is 0 Å². The van der Waals surface area contributed by atoms with Gasteiger partial charge in [-0.05, 0) is 55.6 Å². The maximum atomic E-state index is 12.2. The number of aromatic nitrogens is 2. The largest absolute Gasteiger partial charge is 0.457 e. The third-order valence-electron chi connectivity index (χ3n) is 5.86. The Morgan fingerprint density at radius 1 is 1.30 bits per heavy atom. The zero-order valence-corrected chi connectivity index (χ0v) is 17.4. The maximum absolute atomic E-state index is 12.2. The van der Waals surface area contributed by atoms with Crippen molar-refractivity contribution in [2.45, 2.75) is 31.7 Å². The van der Waals surface area contributed by atoms with E-state index in [0.29, 0.717) is 6.61 Å².